The minimum atomic E-state index is -1.02. The molecule has 0 amide bonds. The second-order valence-electron chi connectivity index (χ2n) is 5.40. The number of carboxylic acid groups (broad SMARTS) is 1. The van der Waals surface area contributed by atoms with Crippen LogP contribution in [-0.4, -0.2) is 29.9 Å². The Hall–Kier alpha value is -1.04. The first-order chi connectivity index (χ1) is 8.78. The van der Waals surface area contributed by atoms with E-state index in [1.54, 1.807) is 12.1 Å². The zero-order valence-electron chi connectivity index (χ0n) is 11.1. The molecular weight excluding hydrogens is 266 g/mol. The van der Waals surface area contributed by atoms with Gasteiger partial charge >= 0.3 is 13.1 Å². The average Bonchev–Trinajstić information content (AvgIpc) is 2.25. The van der Waals surface area contributed by atoms with Gasteiger partial charge in [0, 0.05) is 11.1 Å². The van der Waals surface area contributed by atoms with Crippen molar-refractivity contribution in [3.05, 3.63) is 28.8 Å². The lowest BCUT2D eigenvalue weighted by atomic mass is 9.72. The molecular formula is C13H16BClO4. The maximum absolute atomic E-state index is 11.3. The Balaban J connectivity index is 2.40. The molecule has 1 fully saturated rings. The lowest BCUT2D eigenvalue weighted by Gasteiger charge is -2.38. The standard InChI is InChI=1S/C13H16BClO4/c1-8-7-13(2,3)19-14(18-8)11-6-9(15)4-5-10(11)12(16)17/h4-6,8H,7H2,1-3H3,(H,16,17)/t8-/m0/s1. The van der Waals surface area contributed by atoms with E-state index in [0.29, 0.717) is 10.5 Å². The van der Waals surface area contributed by atoms with Crippen LogP contribution in [0.5, 0.6) is 0 Å². The van der Waals surface area contributed by atoms with Crippen LogP contribution in [0.25, 0.3) is 0 Å². The second kappa shape index (κ2) is 5.15. The van der Waals surface area contributed by atoms with Gasteiger partial charge in [0.25, 0.3) is 0 Å². The quantitative estimate of drug-likeness (QED) is 0.846. The highest BCUT2D eigenvalue weighted by Gasteiger charge is 2.40. The van der Waals surface area contributed by atoms with Gasteiger partial charge in [-0.25, -0.2) is 4.79 Å². The molecule has 1 aromatic carbocycles. The van der Waals surface area contributed by atoms with Crippen LogP contribution >= 0.6 is 11.6 Å². The molecule has 0 unspecified atom stereocenters. The summed E-state index contributed by atoms with van der Waals surface area (Å²) >= 11 is 5.94. The van der Waals surface area contributed by atoms with Crippen LogP contribution in [0.1, 0.15) is 37.6 Å². The summed E-state index contributed by atoms with van der Waals surface area (Å²) in [6.45, 7) is 5.87. The van der Waals surface area contributed by atoms with Crippen molar-refractivity contribution in [3.8, 4) is 0 Å². The van der Waals surface area contributed by atoms with E-state index in [1.165, 1.54) is 6.07 Å². The Morgan fingerprint density at radius 2 is 2.21 bits per heavy atom. The summed E-state index contributed by atoms with van der Waals surface area (Å²) in [6, 6.07) is 4.61. The van der Waals surface area contributed by atoms with Crippen molar-refractivity contribution < 1.29 is 19.2 Å². The van der Waals surface area contributed by atoms with Crippen molar-refractivity contribution >= 4 is 30.2 Å². The van der Waals surface area contributed by atoms with Crippen LogP contribution in [0, 0.1) is 0 Å². The lowest BCUT2D eigenvalue weighted by molar-refractivity contribution is -0.0231. The normalized spacial score (nSPS) is 22.3. The number of hydrogen-bond donors (Lipinski definition) is 1. The van der Waals surface area contributed by atoms with Crippen molar-refractivity contribution in [2.75, 3.05) is 0 Å². The summed E-state index contributed by atoms with van der Waals surface area (Å²) in [5.74, 6) is -1.02. The molecule has 0 radical (unpaired) electrons. The number of benzene rings is 1. The van der Waals surface area contributed by atoms with Gasteiger partial charge in [-0.05, 0) is 50.9 Å². The summed E-state index contributed by atoms with van der Waals surface area (Å²) in [5, 5.41) is 9.69. The highest BCUT2D eigenvalue weighted by molar-refractivity contribution is 6.63. The highest BCUT2D eigenvalue weighted by Crippen LogP contribution is 2.26. The molecule has 19 heavy (non-hydrogen) atoms. The first-order valence-corrected chi connectivity index (χ1v) is 6.52. The summed E-state index contributed by atoms with van der Waals surface area (Å²) in [5.41, 5.74) is 0.249. The molecule has 0 aromatic heterocycles. The summed E-state index contributed by atoms with van der Waals surface area (Å²) < 4.78 is 11.5. The predicted molar refractivity (Wildman–Crippen MR) is 74.1 cm³/mol. The minimum absolute atomic E-state index is 0.00521. The number of rotatable bonds is 2. The molecule has 1 aromatic rings. The minimum Gasteiger partial charge on any atom is -0.478 e. The van der Waals surface area contributed by atoms with Gasteiger partial charge in [0.15, 0.2) is 0 Å². The monoisotopic (exact) mass is 282 g/mol. The van der Waals surface area contributed by atoms with Crippen LogP contribution in [0.2, 0.25) is 5.02 Å². The molecule has 1 N–H and O–H groups in total. The van der Waals surface area contributed by atoms with Gasteiger partial charge in [0.1, 0.15) is 0 Å². The fourth-order valence-corrected chi connectivity index (χ4v) is 2.56. The van der Waals surface area contributed by atoms with Gasteiger partial charge in [-0.3, -0.25) is 0 Å². The summed E-state index contributed by atoms with van der Waals surface area (Å²) in [7, 11) is -0.705. The fraction of sp³-hybridized carbons (Fsp3) is 0.462. The molecule has 0 spiro atoms. The van der Waals surface area contributed by atoms with E-state index in [2.05, 4.69) is 0 Å². The van der Waals surface area contributed by atoms with Crippen molar-refractivity contribution in [1.82, 2.24) is 0 Å². The van der Waals surface area contributed by atoms with E-state index in [4.69, 9.17) is 20.9 Å². The van der Waals surface area contributed by atoms with E-state index in [1.807, 2.05) is 20.8 Å². The molecule has 102 valence electrons. The zero-order chi connectivity index (χ0) is 14.2. The van der Waals surface area contributed by atoms with Gasteiger partial charge in [-0.15, -0.1) is 0 Å². The average molecular weight is 283 g/mol. The van der Waals surface area contributed by atoms with Gasteiger partial charge < -0.3 is 14.4 Å². The van der Waals surface area contributed by atoms with Crippen LogP contribution < -0.4 is 5.46 Å². The third-order valence-electron chi connectivity index (χ3n) is 3.06. The molecule has 1 heterocycles. The Morgan fingerprint density at radius 3 is 2.79 bits per heavy atom. The third kappa shape index (κ3) is 3.29. The first kappa shape index (κ1) is 14.4. The number of carbonyl (C=O) groups is 1. The van der Waals surface area contributed by atoms with Crippen molar-refractivity contribution in [2.45, 2.75) is 38.9 Å². The lowest BCUT2D eigenvalue weighted by Crippen LogP contribution is -2.53. The Bertz CT molecular complexity index is 503. The maximum atomic E-state index is 11.3. The molecule has 1 aliphatic rings. The van der Waals surface area contributed by atoms with E-state index in [9.17, 15) is 9.90 Å². The summed E-state index contributed by atoms with van der Waals surface area (Å²) in [6.07, 6.45) is 0.751. The number of hydrogen-bond acceptors (Lipinski definition) is 3. The van der Waals surface area contributed by atoms with Crippen LogP contribution in [0.4, 0.5) is 0 Å². The largest absolute Gasteiger partial charge is 0.495 e. The molecule has 0 aliphatic carbocycles. The van der Waals surface area contributed by atoms with E-state index < -0.39 is 13.1 Å². The number of aromatic carboxylic acids is 1. The Labute approximate surface area is 117 Å². The maximum Gasteiger partial charge on any atom is 0.495 e. The number of halogens is 1. The molecule has 1 aliphatic heterocycles. The van der Waals surface area contributed by atoms with Gasteiger partial charge in [0.05, 0.1) is 11.2 Å². The molecule has 4 nitrogen and oxygen atoms in total. The highest BCUT2D eigenvalue weighted by atomic mass is 35.5. The van der Waals surface area contributed by atoms with Gasteiger partial charge in [-0.2, -0.15) is 0 Å². The van der Waals surface area contributed by atoms with E-state index in [0.717, 1.165) is 6.42 Å². The summed E-state index contributed by atoms with van der Waals surface area (Å²) in [4.78, 5) is 11.3. The molecule has 0 bridgehead atoms. The smallest absolute Gasteiger partial charge is 0.478 e. The van der Waals surface area contributed by atoms with Gasteiger partial charge in [-0.1, -0.05) is 11.6 Å². The van der Waals surface area contributed by atoms with E-state index in [-0.39, 0.29) is 17.3 Å². The SMILES string of the molecule is C[C@H]1CC(C)(C)OB(c2cc(Cl)ccc2C(=O)O)O1. The predicted octanol–water partition coefficient (Wildman–Crippen LogP) is 2.34. The Morgan fingerprint density at radius 1 is 1.53 bits per heavy atom. The third-order valence-corrected chi connectivity index (χ3v) is 3.29. The molecule has 0 saturated carbocycles. The molecule has 1 atom stereocenters. The van der Waals surface area contributed by atoms with Crippen LogP contribution in [-0.2, 0) is 9.31 Å². The van der Waals surface area contributed by atoms with Crippen molar-refractivity contribution in [1.29, 1.82) is 0 Å². The Kier molecular flexibility index (Phi) is 3.90. The van der Waals surface area contributed by atoms with Crippen molar-refractivity contribution in [3.63, 3.8) is 0 Å². The molecule has 2 rings (SSSR count). The topological polar surface area (TPSA) is 55.8 Å². The second-order valence-corrected chi connectivity index (χ2v) is 5.83. The van der Waals surface area contributed by atoms with Crippen molar-refractivity contribution in [2.24, 2.45) is 0 Å². The zero-order valence-corrected chi connectivity index (χ0v) is 11.9. The number of carboxylic acids is 1. The van der Waals surface area contributed by atoms with E-state index >= 15 is 0 Å². The molecule has 1 saturated heterocycles. The fourth-order valence-electron chi connectivity index (χ4n) is 2.38. The molecule has 6 heteroatoms. The van der Waals surface area contributed by atoms with Crippen LogP contribution in [0.3, 0.4) is 0 Å². The van der Waals surface area contributed by atoms with Crippen LogP contribution in [0.15, 0.2) is 18.2 Å². The van der Waals surface area contributed by atoms with Gasteiger partial charge in [0.2, 0.25) is 0 Å². The first-order valence-electron chi connectivity index (χ1n) is 6.14.